The van der Waals surface area contributed by atoms with Gasteiger partial charge in [-0.05, 0) is 57.0 Å². The van der Waals surface area contributed by atoms with Gasteiger partial charge in [0.25, 0.3) is 0 Å². The molecular formula is C18H36N2. The van der Waals surface area contributed by atoms with Crippen LogP contribution in [0.1, 0.15) is 71.6 Å². The molecular weight excluding hydrogens is 244 g/mol. The molecule has 0 aromatic rings. The Hall–Kier alpha value is -0.0800. The Morgan fingerprint density at radius 3 is 2.45 bits per heavy atom. The van der Waals surface area contributed by atoms with Crippen LogP contribution in [0.25, 0.3) is 0 Å². The molecule has 0 radical (unpaired) electrons. The molecule has 0 amide bonds. The average molecular weight is 280 g/mol. The Kier molecular flexibility index (Phi) is 7.37. The lowest BCUT2D eigenvalue weighted by molar-refractivity contribution is 0.127. The molecule has 1 saturated heterocycles. The van der Waals surface area contributed by atoms with Crippen molar-refractivity contribution in [1.82, 2.24) is 10.2 Å². The minimum atomic E-state index is 0.767. The fraction of sp³-hybridized carbons (Fsp3) is 1.00. The second-order valence-electron chi connectivity index (χ2n) is 7.26. The summed E-state index contributed by atoms with van der Waals surface area (Å²) in [5.74, 6) is 1.94. The predicted octanol–water partition coefficient (Wildman–Crippen LogP) is 4.06. The third kappa shape index (κ3) is 5.37. The molecule has 2 heteroatoms. The zero-order chi connectivity index (χ0) is 14.2. The highest BCUT2D eigenvalue weighted by atomic mass is 15.2. The molecule has 0 spiro atoms. The molecule has 2 rings (SSSR count). The first-order valence-electron chi connectivity index (χ1n) is 9.27. The smallest absolute Gasteiger partial charge is 0.0198 e. The van der Waals surface area contributed by atoms with Gasteiger partial charge >= 0.3 is 0 Å². The zero-order valence-electron chi connectivity index (χ0n) is 13.9. The Labute approximate surface area is 126 Å². The van der Waals surface area contributed by atoms with E-state index in [0.29, 0.717) is 0 Å². The summed E-state index contributed by atoms with van der Waals surface area (Å²) in [5, 5.41) is 3.89. The van der Waals surface area contributed by atoms with Gasteiger partial charge in [0, 0.05) is 19.1 Å². The molecule has 0 aromatic carbocycles. The SMILES string of the molecule is CCCCC1CC(NCC2CCC2)CN(CCCC)C1. The van der Waals surface area contributed by atoms with Gasteiger partial charge < -0.3 is 10.2 Å². The van der Waals surface area contributed by atoms with Crippen molar-refractivity contribution in [3.63, 3.8) is 0 Å². The van der Waals surface area contributed by atoms with Crippen LogP contribution < -0.4 is 5.32 Å². The standard InChI is InChI=1S/C18H36N2/c1-3-5-8-17-12-18(19-13-16-9-7-10-16)15-20(14-17)11-6-4-2/h16-19H,3-15H2,1-2H3. The van der Waals surface area contributed by atoms with Crippen molar-refractivity contribution in [1.29, 1.82) is 0 Å². The molecule has 20 heavy (non-hydrogen) atoms. The number of nitrogens with zero attached hydrogens (tertiary/aromatic N) is 1. The van der Waals surface area contributed by atoms with Gasteiger partial charge in [0.15, 0.2) is 0 Å². The summed E-state index contributed by atoms with van der Waals surface area (Å²) in [7, 11) is 0. The van der Waals surface area contributed by atoms with E-state index >= 15 is 0 Å². The minimum absolute atomic E-state index is 0.767. The summed E-state index contributed by atoms with van der Waals surface area (Å²) in [6.45, 7) is 9.90. The van der Waals surface area contributed by atoms with Crippen LogP contribution in [0.2, 0.25) is 0 Å². The molecule has 2 aliphatic rings. The highest BCUT2D eigenvalue weighted by Crippen LogP contribution is 2.27. The lowest BCUT2D eigenvalue weighted by Gasteiger charge is -2.39. The molecule has 1 aliphatic heterocycles. The molecule has 118 valence electrons. The summed E-state index contributed by atoms with van der Waals surface area (Å²) in [5.41, 5.74) is 0. The second kappa shape index (κ2) is 9.04. The summed E-state index contributed by atoms with van der Waals surface area (Å²) in [6.07, 6.45) is 12.8. The normalized spacial score (nSPS) is 28.5. The van der Waals surface area contributed by atoms with Crippen LogP contribution in [-0.4, -0.2) is 37.1 Å². The van der Waals surface area contributed by atoms with Gasteiger partial charge in [0.1, 0.15) is 0 Å². The van der Waals surface area contributed by atoms with E-state index in [1.54, 1.807) is 0 Å². The van der Waals surface area contributed by atoms with E-state index < -0.39 is 0 Å². The van der Waals surface area contributed by atoms with E-state index in [-0.39, 0.29) is 0 Å². The van der Waals surface area contributed by atoms with E-state index in [9.17, 15) is 0 Å². The van der Waals surface area contributed by atoms with Gasteiger partial charge in [-0.15, -0.1) is 0 Å². The average Bonchev–Trinajstić information content (AvgIpc) is 2.41. The maximum absolute atomic E-state index is 3.89. The van der Waals surface area contributed by atoms with Crippen molar-refractivity contribution in [3.8, 4) is 0 Å². The fourth-order valence-electron chi connectivity index (χ4n) is 3.75. The highest BCUT2D eigenvalue weighted by molar-refractivity contribution is 4.85. The number of piperidine rings is 1. The largest absolute Gasteiger partial charge is 0.312 e. The Morgan fingerprint density at radius 2 is 1.80 bits per heavy atom. The van der Waals surface area contributed by atoms with Gasteiger partial charge in [-0.3, -0.25) is 0 Å². The quantitative estimate of drug-likeness (QED) is 0.685. The summed E-state index contributed by atoms with van der Waals surface area (Å²) < 4.78 is 0. The van der Waals surface area contributed by atoms with E-state index in [2.05, 4.69) is 24.1 Å². The molecule has 1 heterocycles. The highest BCUT2D eigenvalue weighted by Gasteiger charge is 2.27. The topological polar surface area (TPSA) is 15.3 Å². The zero-order valence-corrected chi connectivity index (χ0v) is 13.9. The summed E-state index contributed by atoms with van der Waals surface area (Å²) in [6, 6.07) is 0.767. The molecule has 2 atom stereocenters. The van der Waals surface area contributed by atoms with Crippen molar-refractivity contribution in [2.75, 3.05) is 26.2 Å². The first-order valence-corrected chi connectivity index (χ1v) is 9.27. The van der Waals surface area contributed by atoms with Crippen LogP contribution in [0, 0.1) is 11.8 Å². The van der Waals surface area contributed by atoms with Crippen molar-refractivity contribution in [2.45, 2.75) is 77.7 Å². The second-order valence-corrected chi connectivity index (χ2v) is 7.26. The number of hydrogen-bond donors (Lipinski definition) is 1. The van der Waals surface area contributed by atoms with Crippen LogP contribution in [0.4, 0.5) is 0 Å². The van der Waals surface area contributed by atoms with Crippen LogP contribution in [0.15, 0.2) is 0 Å². The Balaban J connectivity index is 1.75. The van der Waals surface area contributed by atoms with Crippen molar-refractivity contribution in [2.24, 2.45) is 11.8 Å². The Morgan fingerprint density at radius 1 is 1.00 bits per heavy atom. The molecule has 1 saturated carbocycles. The van der Waals surface area contributed by atoms with Gasteiger partial charge in [-0.1, -0.05) is 39.5 Å². The molecule has 1 N–H and O–H groups in total. The number of nitrogens with one attached hydrogen (secondary N) is 1. The predicted molar refractivity (Wildman–Crippen MR) is 88.1 cm³/mol. The fourth-order valence-corrected chi connectivity index (χ4v) is 3.75. The number of hydrogen-bond acceptors (Lipinski definition) is 2. The van der Waals surface area contributed by atoms with Crippen LogP contribution in [0.3, 0.4) is 0 Å². The number of unbranched alkanes of at least 4 members (excludes halogenated alkanes) is 2. The monoisotopic (exact) mass is 280 g/mol. The van der Waals surface area contributed by atoms with Crippen molar-refractivity contribution >= 4 is 0 Å². The van der Waals surface area contributed by atoms with E-state index in [4.69, 9.17) is 0 Å². The lowest BCUT2D eigenvalue weighted by atomic mass is 9.84. The molecule has 1 aliphatic carbocycles. The van der Waals surface area contributed by atoms with E-state index in [1.165, 1.54) is 84.0 Å². The Bertz CT molecular complexity index is 234. The van der Waals surface area contributed by atoms with E-state index in [0.717, 1.165) is 17.9 Å². The number of likely N-dealkylation sites (tertiary alicyclic amines) is 1. The summed E-state index contributed by atoms with van der Waals surface area (Å²) >= 11 is 0. The first kappa shape index (κ1) is 16.3. The summed E-state index contributed by atoms with van der Waals surface area (Å²) in [4.78, 5) is 2.74. The maximum Gasteiger partial charge on any atom is 0.0198 e. The van der Waals surface area contributed by atoms with Crippen molar-refractivity contribution in [3.05, 3.63) is 0 Å². The number of rotatable bonds is 9. The lowest BCUT2D eigenvalue weighted by Crippen LogP contribution is -2.50. The third-order valence-electron chi connectivity index (χ3n) is 5.33. The maximum atomic E-state index is 3.89. The third-order valence-corrected chi connectivity index (χ3v) is 5.33. The van der Waals surface area contributed by atoms with Gasteiger partial charge in [-0.25, -0.2) is 0 Å². The van der Waals surface area contributed by atoms with Gasteiger partial charge in [0.2, 0.25) is 0 Å². The minimum Gasteiger partial charge on any atom is -0.312 e. The molecule has 2 nitrogen and oxygen atoms in total. The van der Waals surface area contributed by atoms with Crippen LogP contribution in [-0.2, 0) is 0 Å². The van der Waals surface area contributed by atoms with Crippen LogP contribution in [0.5, 0.6) is 0 Å². The molecule has 2 unspecified atom stereocenters. The molecule has 0 aromatic heterocycles. The molecule has 2 fully saturated rings. The van der Waals surface area contributed by atoms with Crippen molar-refractivity contribution < 1.29 is 0 Å². The van der Waals surface area contributed by atoms with E-state index in [1.807, 2.05) is 0 Å². The van der Waals surface area contributed by atoms with Gasteiger partial charge in [0.05, 0.1) is 0 Å². The van der Waals surface area contributed by atoms with Gasteiger partial charge in [-0.2, -0.15) is 0 Å². The van der Waals surface area contributed by atoms with Crippen LogP contribution >= 0.6 is 0 Å². The first-order chi connectivity index (χ1) is 9.81. The molecule has 0 bridgehead atoms.